The molecule has 0 saturated carbocycles. The van der Waals surface area contributed by atoms with Crippen LogP contribution in [0.25, 0.3) is 0 Å². The van der Waals surface area contributed by atoms with Crippen molar-refractivity contribution in [2.45, 2.75) is 19.8 Å². The summed E-state index contributed by atoms with van der Waals surface area (Å²) >= 11 is 1.05. The van der Waals surface area contributed by atoms with Crippen LogP contribution in [-0.2, 0) is 19.1 Å². The molecule has 2 atom stereocenters. The summed E-state index contributed by atoms with van der Waals surface area (Å²) in [5, 5.41) is 15.6. The predicted octanol–water partition coefficient (Wildman–Crippen LogP) is 3.41. The van der Waals surface area contributed by atoms with E-state index < -0.39 is 23.7 Å². The molecule has 3 rings (SSSR count). The Morgan fingerprint density at radius 3 is 2.41 bits per heavy atom. The van der Waals surface area contributed by atoms with Crippen LogP contribution in [-0.4, -0.2) is 30.6 Å². The Morgan fingerprint density at radius 1 is 1.16 bits per heavy atom. The van der Waals surface area contributed by atoms with Gasteiger partial charge in [-0.25, -0.2) is 0 Å². The van der Waals surface area contributed by atoms with Crippen LogP contribution < -0.4 is 10.6 Å². The molecule has 0 radical (unpaired) electrons. The number of nitrogens with one attached hydrogen (secondary N) is 2. The molecule has 1 aliphatic rings. The molecule has 32 heavy (non-hydrogen) atoms. The first-order valence-corrected chi connectivity index (χ1v) is 10.9. The van der Waals surface area contributed by atoms with E-state index in [1.165, 1.54) is 7.11 Å². The van der Waals surface area contributed by atoms with Crippen molar-refractivity contribution in [2.24, 2.45) is 5.92 Å². The van der Waals surface area contributed by atoms with Crippen molar-refractivity contribution < 1.29 is 19.1 Å². The Labute approximate surface area is 190 Å². The van der Waals surface area contributed by atoms with Gasteiger partial charge in [0.2, 0.25) is 11.8 Å². The predicted molar refractivity (Wildman–Crippen MR) is 122 cm³/mol. The Balaban J connectivity index is 1.86. The Kier molecular flexibility index (Phi) is 7.33. The minimum absolute atomic E-state index is 0.0157. The summed E-state index contributed by atoms with van der Waals surface area (Å²) in [6.07, 6.45) is 0. The highest BCUT2D eigenvalue weighted by Gasteiger charge is 2.44. The minimum atomic E-state index is -1.19. The zero-order valence-electron chi connectivity index (χ0n) is 18.0. The third kappa shape index (κ3) is 5.18. The number of esters is 1. The number of allylic oxidation sites excluding steroid dienone is 1. The van der Waals surface area contributed by atoms with Crippen LogP contribution >= 0.6 is 11.8 Å². The number of rotatable bonds is 6. The minimum Gasteiger partial charge on any atom is -0.468 e. The molecule has 2 amide bonds. The number of benzene rings is 2. The standard InChI is InChI=1S/C24H23N3O4S/c1-14-9-15(2)11-17(10-14)26-19(28)13-32-23-18(12-25)20(16-7-5-4-6-8-16)21(22(29)27-23)24(30)31-3/h4-11,20-21H,13H2,1-3H3,(H,26,28)(H,27,29)/t20-,21+/m0/s1. The molecule has 164 valence electrons. The van der Waals surface area contributed by atoms with E-state index in [0.29, 0.717) is 11.3 Å². The maximum atomic E-state index is 12.8. The summed E-state index contributed by atoms with van der Waals surface area (Å²) in [4.78, 5) is 37.7. The van der Waals surface area contributed by atoms with Crippen molar-refractivity contribution in [3.63, 3.8) is 0 Å². The number of amides is 2. The smallest absolute Gasteiger partial charge is 0.319 e. The maximum absolute atomic E-state index is 12.8. The topological polar surface area (TPSA) is 108 Å². The molecule has 7 nitrogen and oxygen atoms in total. The summed E-state index contributed by atoms with van der Waals surface area (Å²) in [5.41, 5.74) is 3.61. The molecule has 2 N–H and O–H groups in total. The van der Waals surface area contributed by atoms with Gasteiger partial charge in [0, 0.05) is 11.6 Å². The number of thioether (sulfide) groups is 1. The third-order valence-corrected chi connectivity index (χ3v) is 6.01. The number of nitriles is 1. The highest BCUT2D eigenvalue weighted by Crippen LogP contribution is 2.40. The first-order chi connectivity index (χ1) is 15.3. The Hall–Kier alpha value is -3.57. The maximum Gasteiger partial charge on any atom is 0.319 e. The molecule has 2 aromatic rings. The monoisotopic (exact) mass is 449 g/mol. The lowest BCUT2D eigenvalue weighted by Crippen LogP contribution is -2.44. The summed E-state index contributed by atoms with van der Waals surface area (Å²) in [5.74, 6) is -3.57. The lowest BCUT2D eigenvalue weighted by molar-refractivity contribution is -0.150. The van der Waals surface area contributed by atoms with E-state index in [1.807, 2.05) is 38.1 Å². The number of carbonyl (C=O) groups excluding carboxylic acids is 3. The van der Waals surface area contributed by atoms with Crippen molar-refractivity contribution in [1.29, 1.82) is 5.26 Å². The second kappa shape index (κ2) is 10.2. The highest BCUT2D eigenvalue weighted by atomic mass is 32.2. The number of aryl methyl sites for hydroxylation is 2. The molecule has 0 aromatic heterocycles. The van der Waals surface area contributed by atoms with Gasteiger partial charge in [0.05, 0.1) is 29.5 Å². The van der Waals surface area contributed by atoms with E-state index in [4.69, 9.17) is 4.74 Å². The summed E-state index contributed by atoms with van der Waals surface area (Å²) in [6, 6.07) is 16.7. The second-order valence-electron chi connectivity index (χ2n) is 7.45. The summed E-state index contributed by atoms with van der Waals surface area (Å²) in [6.45, 7) is 3.89. The van der Waals surface area contributed by atoms with Gasteiger partial charge in [0.1, 0.15) is 5.92 Å². The average Bonchev–Trinajstić information content (AvgIpc) is 2.76. The van der Waals surface area contributed by atoms with Crippen LogP contribution in [0.5, 0.6) is 0 Å². The van der Waals surface area contributed by atoms with Gasteiger partial charge >= 0.3 is 5.97 Å². The molecule has 0 aliphatic carbocycles. The van der Waals surface area contributed by atoms with E-state index >= 15 is 0 Å². The lowest BCUT2D eigenvalue weighted by Gasteiger charge is -2.30. The fourth-order valence-electron chi connectivity index (χ4n) is 3.72. The molecule has 0 bridgehead atoms. The largest absolute Gasteiger partial charge is 0.468 e. The van der Waals surface area contributed by atoms with Crippen molar-refractivity contribution >= 4 is 35.2 Å². The number of carbonyl (C=O) groups is 3. The first kappa shape index (κ1) is 23.1. The van der Waals surface area contributed by atoms with Gasteiger partial charge < -0.3 is 15.4 Å². The highest BCUT2D eigenvalue weighted by molar-refractivity contribution is 8.03. The SMILES string of the molecule is COC(=O)[C@H]1C(=O)NC(SCC(=O)Nc2cc(C)cc(C)c2)=C(C#N)[C@@H]1c1ccccc1. The van der Waals surface area contributed by atoms with Crippen molar-refractivity contribution in [1.82, 2.24) is 5.32 Å². The van der Waals surface area contributed by atoms with Crippen molar-refractivity contribution in [3.05, 3.63) is 75.8 Å². The zero-order chi connectivity index (χ0) is 23.3. The quantitative estimate of drug-likeness (QED) is 0.517. The molecule has 0 unspecified atom stereocenters. The molecule has 1 heterocycles. The molecule has 0 saturated heterocycles. The molecular formula is C24H23N3O4S. The fraction of sp³-hybridized carbons (Fsp3) is 0.250. The van der Waals surface area contributed by atoms with Crippen molar-refractivity contribution in [3.8, 4) is 6.07 Å². The Bertz CT molecular complexity index is 1100. The van der Waals surface area contributed by atoms with E-state index in [0.717, 1.165) is 22.9 Å². The van der Waals surface area contributed by atoms with Gasteiger partial charge in [-0.15, -0.1) is 0 Å². The van der Waals surface area contributed by atoms with Gasteiger partial charge in [0.25, 0.3) is 0 Å². The molecule has 8 heteroatoms. The van der Waals surface area contributed by atoms with E-state index in [1.54, 1.807) is 24.3 Å². The number of nitrogens with zero attached hydrogens (tertiary/aromatic N) is 1. The number of hydrogen-bond acceptors (Lipinski definition) is 6. The Morgan fingerprint density at radius 2 is 1.81 bits per heavy atom. The number of ether oxygens (including phenoxy) is 1. The van der Waals surface area contributed by atoms with Gasteiger partial charge in [-0.2, -0.15) is 5.26 Å². The molecular weight excluding hydrogens is 426 g/mol. The van der Waals surface area contributed by atoms with Gasteiger partial charge in [-0.05, 0) is 42.7 Å². The second-order valence-corrected chi connectivity index (χ2v) is 8.43. The molecule has 0 spiro atoms. The molecule has 1 aliphatic heterocycles. The van der Waals surface area contributed by atoms with Crippen LogP contribution in [0.4, 0.5) is 5.69 Å². The normalized spacial score (nSPS) is 17.9. The first-order valence-electron chi connectivity index (χ1n) is 9.93. The van der Waals surface area contributed by atoms with Crippen molar-refractivity contribution in [2.75, 3.05) is 18.2 Å². The number of methoxy groups -OCH3 is 1. The van der Waals surface area contributed by atoms with Gasteiger partial charge in [-0.3, -0.25) is 14.4 Å². The fourth-order valence-corrected chi connectivity index (χ4v) is 4.57. The van der Waals surface area contributed by atoms with Crippen LogP contribution in [0.1, 0.15) is 22.6 Å². The van der Waals surface area contributed by atoms with E-state index in [9.17, 15) is 19.6 Å². The average molecular weight is 450 g/mol. The number of hydrogen-bond donors (Lipinski definition) is 2. The number of anilines is 1. The summed E-state index contributed by atoms with van der Waals surface area (Å²) < 4.78 is 4.82. The van der Waals surface area contributed by atoms with Gasteiger partial charge in [-0.1, -0.05) is 48.2 Å². The lowest BCUT2D eigenvalue weighted by atomic mass is 9.78. The molecule has 0 fully saturated rings. The van der Waals surface area contributed by atoms with Crippen LogP contribution in [0, 0.1) is 31.1 Å². The van der Waals surface area contributed by atoms with Crippen LogP contribution in [0.15, 0.2) is 59.1 Å². The van der Waals surface area contributed by atoms with Crippen LogP contribution in [0.2, 0.25) is 0 Å². The zero-order valence-corrected chi connectivity index (χ0v) is 18.8. The van der Waals surface area contributed by atoms with E-state index in [2.05, 4.69) is 16.7 Å². The van der Waals surface area contributed by atoms with Gasteiger partial charge in [0.15, 0.2) is 0 Å². The summed E-state index contributed by atoms with van der Waals surface area (Å²) in [7, 11) is 1.20. The molecule has 2 aromatic carbocycles. The third-order valence-electron chi connectivity index (χ3n) is 5.00. The van der Waals surface area contributed by atoms with E-state index in [-0.39, 0.29) is 22.3 Å². The van der Waals surface area contributed by atoms with Crippen LogP contribution in [0.3, 0.4) is 0 Å².